The van der Waals surface area contributed by atoms with Crippen molar-refractivity contribution in [3.05, 3.63) is 45.2 Å². The number of anilines is 3. The van der Waals surface area contributed by atoms with E-state index in [0.29, 0.717) is 5.95 Å². The van der Waals surface area contributed by atoms with Crippen LogP contribution < -0.4 is 21.5 Å². The average molecular weight is 357 g/mol. The summed E-state index contributed by atoms with van der Waals surface area (Å²) in [5.41, 5.74) is 8.98. The van der Waals surface area contributed by atoms with E-state index in [9.17, 15) is 4.79 Å². The Bertz CT molecular complexity index is 835. The Balaban J connectivity index is 1.89. The summed E-state index contributed by atoms with van der Waals surface area (Å²) in [4.78, 5) is 22.1. The van der Waals surface area contributed by atoms with Gasteiger partial charge in [0.2, 0.25) is 5.95 Å². The summed E-state index contributed by atoms with van der Waals surface area (Å²) in [6.07, 6.45) is 3.40. The number of hydrogen-bond acceptors (Lipinski definition) is 5. The van der Waals surface area contributed by atoms with E-state index in [1.54, 1.807) is 0 Å². The molecule has 1 saturated heterocycles. The second-order valence-corrected chi connectivity index (χ2v) is 6.83. The number of piperidine rings is 1. The molecular formula is C18H23N5OS. The minimum absolute atomic E-state index is 0.160. The maximum Gasteiger partial charge on any atom is 0.264 e. The molecule has 1 aliphatic rings. The molecule has 1 aromatic heterocycles. The van der Waals surface area contributed by atoms with Crippen molar-refractivity contribution >= 4 is 34.7 Å². The number of nitrogens with one attached hydrogen (secondary N) is 2. The van der Waals surface area contributed by atoms with Crippen LogP contribution in [-0.4, -0.2) is 28.0 Å². The standard InChI is InChI=1S/C18H23N5OS/c1-11-7-6-8-12(2)14(11)20-17(25)13-15(19)21-18(22-16(13)24)23-9-4-3-5-10-23/h6-8H,3-5,9-10H2,1-2H3,(H,20,25)(H3,19,21,22,24). The molecule has 0 aliphatic carbocycles. The van der Waals surface area contributed by atoms with Gasteiger partial charge in [-0.05, 0) is 44.2 Å². The van der Waals surface area contributed by atoms with Gasteiger partial charge in [-0.2, -0.15) is 4.98 Å². The lowest BCUT2D eigenvalue weighted by Gasteiger charge is -2.27. The van der Waals surface area contributed by atoms with Crippen LogP contribution in [0.3, 0.4) is 0 Å². The van der Waals surface area contributed by atoms with Gasteiger partial charge in [-0.3, -0.25) is 9.78 Å². The van der Waals surface area contributed by atoms with Crippen molar-refractivity contribution in [2.45, 2.75) is 33.1 Å². The zero-order chi connectivity index (χ0) is 18.0. The first-order valence-corrected chi connectivity index (χ1v) is 8.90. The zero-order valence-electron chi connectivity index (χ0n) is 14.6. The fourth-order valence-electron chi connectivity index (χ4n) is 3.14. The van der Waals surface area contributed by atoms with Gasteiger partial charge in [0.05, 0.1) is 0 Å². The molecule has 0 atom stereocenters. The second-order valence-electron chi connectivity index (χ2n) is 6.42. The highest BCUT2D eigenvalue weighted by Crippen LogP contribution is 2.22. The van der Waals surface area contributed by atoms with E-state index in [1.165, 1.54) is 6.42 Å². The van der Waals surface area contributed by atoms with Gasteiger partial charge < -0.3 is 16.0 Å². The Morgan fingerprint density at radius 1 is 1.24 bits per heavy atom. The molecule has 1 fully saturated rings. The van der Waals surface area contributed by atoms with Gasteiger partial charge >= 0.3 is 0 Å². The molecule has 132 valence electrons. The number of H-pyrrole nitrogens is 1. The molecule has 0 bridgehead atoms. The van der Waals surface area contributed by atoms with Gasteiger partial charge in [0.25, 0.3) is 5.56 Å². The van der Waals surface area contributed by atoms with Gasteiger partial charge in [0.1, 0.15) is 16.4 Å². The first-order chi connectivity index (χ1) is 12.0. The zero-order valence-corrected chi connectivity index (χ0v) is 15.4. The number of aromatic amines is 1. The summed E-state index contributed by atoms with van der Waals surface area (Å²) in [6, 6.07) is 5.96. The highest BCUT2D eigenvalue weighted by atomic mass is 32.1. The first-order valence-electron chi connectivity index (χ1n) is 8.49. The molecule has 0 saturated carbocycles. The summed E-state index contributed by atoms with van der Waals surface area (Å²) in [7, 11) is 0. The van der Waals surface area contributed by atoms with Crippen LogP contribution in [0.2, 0.25) is 0 Å². The maximum atomic E-state index is 12.6. The van der Waals surface area contributed by atoms with Gasteiger partial charge in [-0.15, -0.1) is 0 Å². The van der Waals surface area contributed by atoms with Crippen LogP contribution >= 0.6 is 12.2 Å². The van der Waals surface area contributed by atoms with Crippen molar-refractivity contribution in [2.75, 3.05) is 29.0 Å². The lowest BCUT2D eigenvalue weighted by molar-refractivity contribution is 0.568. The third-order valence-corrected chi connectivity index (χ3v) is 4.84. The number of hydrogen-bond donors (Lipinski definition) is 3. The lowest BCUT2D eigenvalue weighted by Crippen LogP contribution is -2.34. The van der Waals surface area contributed by atoms with Crippen LogP contribution in [0.1, 0.15) is 36.0 Å². The number of nitrogen functional groups attached to an aromatic ring is 1. The lowest BCUT2D eigenvalue weighted by atomic mass is 10.1. The van der Waals surface area contributed by atoms with Crippen LogP contribution in [0, 0.1) is 13.8 Å². The Labute approximate surface area is 152 Å². The highest BCUT2D eigenvalue weighted by molar-refractivity contribution is 7.81. The molecule has 2 aromatic rings. The fourth-order valence-corrected chi connectivity index (χ4v) is 3.44. The normalized spacial score (nSPS) is 14.4. The third kappa shape index (κ3) is 3.66. The molecule has 0 radical (unpaired) electrons. The number of benzene rings is 1. The first kappa shape index (κ1) is 17.4. The van der Waals surface area contributed by atoms with Crippen LogP contribution in [0.5, 0.6) is 0 Å². The van der Waals surface area contributed by atoms with Crippen LogP contribution in [0.15, 0.2) is 23.0 Å². The predicted molar refractivity (Wildman–Crippen MR) is 107 cm³/mol. The topological polar surface area (TPSA) is 87.0 Å². The number of para-hydroxylation sites is 1. The van der Waals surface area contributed by atoms with Crippen molar-refractivity contribution < 1.29 is 0 Å². The van der Waals surface area contributed by atoms with E-state index in [0.717, 1.165) is 42.7 Å². The number of nitrogens with zero attached hydrogens (tertiary/aromatic N) is 2. The smallest absolute Gasteiger partial charge is 0.264 e. The van der Waals surface area contributed by atoms with Crippen LogP contribution in [0.25, 0.3) is 0 Å². The van der Waals surface area contributed by atoms with Gasteiger partial charge in [0, 0.05) is 18.8 Å². The van der Waals surface area contributed by atoms with Crippen LogP contribution in [0.4, 0.5) is 17.5 Å². The van der Waals surface area contributed by atoms with Gasteiger partial charge in [-0.1, -0.05) is 30.4 Å². The fraction of sp³-hybridized carbons (Fsp3) is 0.389. The van der Waals surface area contributed by atoms with Crippen molar-refractivity contribution in [2.24, 2.45) is 0 Å². The van der Waals surface area contributed by atoms with E-state index in [1.807, 2.05) is 32.0 Å². The summed E-state index contributed by atoms with van der Waals surface area (Å²) in [6.45, 7) is 5.74. The Morgan fingerprint density at radius 2 is 1.88 bits per heavy atom. The average Bonchev–Trinajstić information content (AvgIpc) is 2.58. The third-order valence-electron chi connectivity index (χ3n) is 4.54. The molecule has 0 amide bonds. The van der Waals surface area contributed by atoms with E-state index in [-0.39, 0.29) is 21.9 Å². The minimum Gasteiger partial charge on any atom is -0.383 e. The molecule has 3 rings (SSSR count). The SMILES string of the molecule is Cc1cccc(C)c1NC(=S)c1c(N)nc(N2CCCCC2)[nH]c1=O. The molecule has 1 aromatic carbocycles. The number of aromatic nitrogens is 2. The monoisotopic (exact) mass is 357 g/mol. The summed E-state index contributed by atoms with van der Waals surface area (Å²) in [5, 5.41) is 3.15. The molecular weight excluding hydrogens is 334 g/mol. The maximum absolute atomic E-state index is 12.6. The summed E-state index contributed by atoms with van der Waals surface area (Å²) in [5.74, 6) is 0.689. The Kier molecular flexibility index (Phi) is 5.03. The van der Waals surface area contributed by atoms with Crippen LogP contribution in [-0.2, 0) is 0 Å². The van der Waals surface area contributed by atoms with E-state index in [2.05, 4.69) is 20.2 Å². The Hall–Kier alpha value is -2.41. The van der Waals surface area contributed by atoms with Crippen molar-refractivity contribution in [3.63, 3.8) is 0 Å². The summed E-state index contributed by atoms with van der Waals surface area (Å²) < 4.78 is 0. The van der Waals surface area contributed by atoms with Gasteiger partial charge in [-0.25, -0.2) is 0 Å². The van der Waals surface area contributed by atoms with E-state index < -0.39 is 0 Å². The number of aryl methyl sites for hydroxylation is 2. The summed E-state index contributed by atoms with van der Waals surface area (Å²) >= 11 is 5.43. The molecule has 1 aliphatic heterocycles. The molecule has 7 heteroatoms. The molecule has 2 heterocycles. The molecule has 0 spiro atoms. The van der Waals surface area contributed by atoms with E-state index >= 15 is 0 Å². The molecule has 6 nitrogen and oxygen atoms in total. The largest absolute Gasteiger partial charge is 0.383 e. The molecule has 4 N–H and O–H groups in total. The van der Waals surface area contributed by atoms with E-state index in [4.69, 9.17) is 18.0 Å². The second kappa shape index (κ2) is 7.23. The molecule has 25 heavy (non-hydrogen) atoms. The molecule has 0 unspecified atom stereocenters. The van der Waals surface area contributed by atoms with Crippen molar-refractivity contribution in [3.8, 4) is 0 Å². The van der Waals surface area contributed by atoms with Crippen molar-refractivity contribution in [1.82, 2.24) is 9.97 Å². The highest BCUT2D eigenvalue weighted by Gasteiger charge is 2.19. The number of rotatable bonds is 3. The van der Waals surface area contributed by atoms with Crippen molar-refractivity contribution in [1.29, 1.82) is 0 Å². The Morgan fingerprint density at radius 3 is 2.48 bits per heavy atom. The predicted octanol–water partition coefficient (Wildman–Crippen LogP) is 2.75. The van der Waals surface area contributed by atoms with Gasteiger partial charge in [0.15, 0.2) is 0 Å². The minimum atomic E-state index is -0.309. The quantitative estimate of drug-likeness (QED) is 0.732. The number of thiocarbonyl (C=S) groups is 1. The number of nitrogens with two attached hydrogens (primary N) is 1.